The normalized spacial score (nSPS) is 16.7. The summed E-state index contributed by atoms with van der Waals surface area (Å²) >= 11 is 6.64. The van der Waals surface area contributed by atoms with Crippen LogP contribution in [-0.4, -0.2) is 38.4 Å². The first kappa shape index (κ1) is 26.2. The van der Waals surface area contributed by atoms with Gasteiger partial charge in [0, 0.05) is 23.0 Å². The van der Waals surface area contributed by atoms with Crippen LogP contribution in [0.15, 0.2) is 47.5 Å². The van der Waals surface area contributed by atoms with Crippen LogP contribution in [0, 0.1) is 5.92 Å². The maximum absolute atomic E-state index is 13.5. The van der Waals surface area contributed by atoms with Crippen molar-refractivity contribution in [3.05, 3.63) is 69.2 Å². The Hall–Kier alpha value is -2.82. The first-order valence-electron chi connectivity index (χ1n) is 11.2. The van der Waals surface area contributed by atoms with E-state index >= 15 is 0 Å². The molecule has 2 aromatic carbocycles. The van der Waals surface area contributed by atoms with E-state index in [2.05, 4.69) is 5.10 Å². The Bertz CT molecular complexity index is 1350. The molecule has 0 radical (unpaired) electrons. The highest BCUT2D eigenvalue weighted by atomic mass is 35.5. The average Bonchev–Trinajstić information content (AvgIpc) is 3.29. The van der Waals surface area contributed by atoms with E-state index in [1.165, 1.54) is 21.7 Å². The Morgan fingerprint density at radius 3 is 2.61 bits per heavy atom. The number of carbonyl (C=O) groups excluding carboxylic acids is 2. The number of alkyl halides is 3. The molecule has 190 valence electrons. The number of hydrogen-bond acceptors (Lipinski definition) is 5. The van der Waals surface area contributed by atoms with E-state index in [9.17, 15) is 22.8 Å². The number of nitrogens with two attached hydrogens (primary N) is 1. The van der Waals surface area contributed by atoms with Crippen LogP contribution in [0.2, 0.25) is 5.02 Å². The van der Waals surface area contributed by atoms with Crippen molar-refractivity contribution < 1.29 is 22.8 Å². The molecule has 0 spiro atoms. The maximum atomic E-state index is 13.5. The first-order valence-corrected chi connectivity index (χ1v) is 12.4. The standard InChI is InChI=1S/C25H24ClF3N4O2S/c1-14(2)7-19(30)13-32-23(34)22(36-24(32)35)9-15-3-6-21-17(8-15)11-31-33(21)12-16-4-5-18(26)10-20(16)25(27,28)29/h3-6,8-11,14,19H,7,12-13,30H2,1-2H3/b22-9-/t19-/m0/s1. The van der Waals surface area contributed by atoms with Crippen LogP contribution in [0.3, 0.4) is 0 Å². The quantitative estimate of drug-likeness (QED) is 0.365. The molecule has 0 aliphatic carbocycles. The zero-order valence-electron chi connectivity index (χ0n) is 19.6. The molecule has 4 rings (SSSR count). The summed E-state index contributed by atoms with van der Waals surface area (Å²) in [5, 5.41) is 4.58. The predicted octanol–water partition coefficient (Wildman–Crippen LogP) is 6.17. The van der Waals surface area contributed by atoms with Crippen LogP contribution in [0.4, 0.5) is 18.0 Å². The van der Waals surface area contributed by atoms with Crippen molar-refractivity contribution >= 4 is 51.5 Å². The average molecular weight is 537 g/mol. The van der Waals surface area contributed by atoms with E-state index in [1.807, 2.05) is 13.8 Å². The lowest BCUT2D eigenvalue weighted by Crippen LogP contribution is -2.40. The van der Waals surface area contributed by atoms with Crippen LogP contribution in [0.25, 0.3) is 17.0 Å². The molecule has 1 aliphatic heterocycles. The first-order chi connectivity index (χ1) is 16.9. The summed E-state index contributed by atoms with van der Waals surface area (Å²) in [6, 6.07) is 8.59. The fourth-order valence-electron chi connectivity index (χ4n) is 4.16. The minimum absolute atomic E-state index is 0.00681. The molecule has 0 saturated carbocycles. The van der Waals surface area contributed by atoms with E-state index in [1.54, 1.807) is 30.5 Å². The third-order valence-corrected chi connectivity index (χ3v) is 6.87. The molecule has 2 heterocycles. The number of nitrogens with zero attached hydrogens (tertiary/aromatic N) is 3. The molecule has 0 bridgehead atoms. The van der Waals surface area contributed by atoms with Crippen LogP contribution < -0.4 is 5.73 Å². The Labute approximate surface area is 215 Å². The number of carbonyl (C=O) groups is 2. The number of fused-ring (bicyclic) bond motifs is 1. The van der Waals surface area contributed by atoms with E-state index in [0.29, 0.717) is 33.7 Å². The number of benzene rings is 2. The van der Waals surface area contributed by atoms with Crippen molar-refractivity contribution in [2.24, 2.45) is 11.7 Å². The highest BCUT2D eigenvalue weighted by Crippen LogP contribution is 2.35. The maximum Gasteiger partial charge on any atom is 0.416 e. The molecule has 1 atom stereocenters. The van der Waals surface area contributed by atoms with Crippen molar-refractivity contribution in [1.82, 2.24) is 14.7 Å². The third kappa shape index (κ3) is 5.77. The van der Waals surface area contributed by atoms with Crippen molar-refractivity contribution in [2.45, 2.75) is 39.0 Å². The molecule has 1 aromatic heterocycles. The molecule has 2 N–H and O–H groups in total. The predicted molar refractivity (Wildman–Crippen MR) is 135 cm³/mol. The van der Waals surface area contributed by atoms with Gasteiger partial charge in [-0.15, -0.1) is 0 Å². The van der Waals surface area contributed by atoms with Gasteiger partial charge in [0.1, 0.15) is 0 Å². The van der Waals surface area contributed by atoms with Gasteiger partial charge in [0.15, 0.2) is 0 Å². The second-order valence-corrected chi connectivity index (χ2v) is 10.5. The van der Waals surface area contributed by atoms with Gasteiger partial charge in [0.05, 0.1) is 28.7 Å². The van der Waals surface area contributed by atoms with Gasteiger partial charge in [-0.05, 0) is 65.6 Å². The molecule has 3 aromatic rings. The molecule has 1 saturated heterocycles. The highest BCUT2D eigenvalue weighted by Gasteiger charge is 2.36. The third-order valence-electron chi connectivity index (χ3n) is 5.73. The number of thioether (sulfide) groups is 1. The van der Waals surface area contributed by atoms with Gasteiger partial charge in [0.25, 0.3) is 11.1 Å². The molecule has 36 heavy (non-hydrogen) atoms. The van der Waals surface area contributed by atoms with Crippen molar-refractivity contribution in [3.8, 4) is 0 Å². The topological polar surface area (TPSA) is 81.2 Å². The zero-order chi connectivity index (χ0) is 26.2. The van der Waals surface area contributed by atoms with E-state index < -0.39 is 11.7 Å². The lowest BCUT2D eigenvalue weighted by Gasteiger charge is -2.19. The number of imide groups is 1. The lowest BCUT2D eigenvalue weighted by atomic mass is 10.0. The van der Waals surface area contributed by atoms with E-state index in [4.69, 9.17) is 17.3 Å². The van der Waals surface area contributed by atoms with E-state index in [0.717, 1.165) is 17.8 Å². The molecule has 2 amide bonds. The fraction of sp³-hybridized carbons (Fsp3) is 0.320. The van der Waals surface area contributed by atoms with Crippen molar-refractivity contribution in [2.75, 3.05) is 6.54 Å². The molecular formula is C25H24ClF3N4O2S. The van der Waals surface area contributed by atoms with Gasteiger partial charge in [0.2, 0.25) is 0 Å². The highest BCUT2D eigenvalue weighted by molar-refractivity contribution is 8.18. The molecular weight excluding hydrogens is 513 g/mol. The summed E-state index contributed by atoms with van der Waals surface area (Å²) in [6.07, 6.45) is -0.677. The van der Waals surface area contributed by atoms with Crippen molar-refractivity contribution in [3.63, 3.8) is 0 Å². The van der Waals surface area contributed by atoms with Crippen LogP contribution >= 0.6 is 23.4 Å². The summed E-state index contributed by atoms with van der Waals surface area (Å²) in [5.74, 6) is -0.0368. The summed E-state index contributed by atoms with van der Waals surface area (Å²) in [5.41, 5.74) is 6.62. The molecule has 1 fully saturated rings. The smallest absolute Gasteiger partial charge is 0.326 e. The Morgan fingerprint density at radius 2 is 1.92 bits per heavy atom. The van der Waals surface area contributed by atoms with Gasteiger partial charge in [-0.25, -0.2) is 0 Å². The molecule has 0 unspecified atom stereocenters. The number of aromatic nitrogens is 2. The minimum atomic E-state index is -4.54. The Morgan fingerprint density at radius 1 is 1.17 bits per heavy atom. The van der Waals surface area contributed by atoms with Gasteiger partial charge in [-0.1, -0.05) is 37.6 Å². The largest absolute Gasteiger partial charge is 0.416 e. The molecule has 11 heteroatoms. The summed E-state index contributed by atoms with van der Waals surface area (Å²) in [4.78, 5) is 26.6. The monoisotopic (exact) mass is 536 g/mol. The Kier molecular flexibility index (Phi) is 7.49. The van der Waals surface area contributed by atoms with Crippen LogP contribution in [0.5, 0.6) is 0 Å². The number of hydrogen-bond donors (Lipinski definition) is 1. The Balaban J connectivity index is 1.55. The molecule has 1 aliphatic rings. The summed E-state index contributed by atoms with van der Waals surface area (Å²) < 4.78 is 41.9. The van der Waals surface area contributed by atoms with Gasteiger partial charge < -0.3 is 5.73 Å². The van der Waals surface area contributed by atoms with Crippen LogP contribution in [0.1, 0.15) is 37.0 Å². The summed E-state index contributed by atoms with van der Waals surface area (Å²) in [7, 11) is 0. The molecule has 6 nitrogen and oxygen atoms in total. The fourth-order valence-corrected chi connectivity index (χ4v) is 5.18. The minimum Gasteiger partial charge on any atom is -0.326 e. The second kappa shape index (κ2) is 10.3. The van der Waals surface area contributed by atoms with Crippen LogP contribution in [-0.2, 0) is 17.5 Å². The number of amides is 2. The van der Waals surface area contributed by atoms with Gasteiger partial charge >= 0.3 is 6.18 Å². The zero-order valence-corrected chi connectivity index (χ0v) is 21.1. The summed E-state index contributed by atoms with van der Waals surface area (Å²) in [6.45, 7) is 4.12. The number of rotatable bonds is 7. The SMILES string of the molecule is CC(C)C[C@H](N)CN1C(=O)S/C(=C\c2ccc3c(cnn3Cc3ccc(Cl)cc3C(F)(F)F)c2)C1=O. The lowest BCUT2D eigenvalue weighted by molar-refractivity contribution is -0.138. The van der Waals surface area contributed by atoms with Gasteiger partial charge in [-0.3, -0.25) is 19.2 Å². The van der Waals surface area contributed by atoms with E-state index in [-0.39, 0.29) is 40.9 Å². The second-order valence-electron chi connectivity index (χ2n) is 9.10. The van der Waals surface area contributed by atoms with Crippen molar-refractivity contribution in [1.29, 1.82) is 0 Å². The van der Waals surface area contributed by atoms with Gasteiger partial charge in [-0.2, -0.15) is 18.3 Å². The number of halogens is 4.